The summed E-state index contributed by atoms with van der Waals surface area (Å²) in [6.45, 7) is 5.89. The van der Waals surface area contributed by atoms with Gasteiger partial charge in [-0.25, -0.2) is 14.0 Å². The highest BCUT2D eigenvalue weighted by atomic mass is 19.1. The molecule has 0 saturated heterocycles. The summed E-state index contributed by atoms with van der Waals surface area (Å²) < 4.78 is 31.7. The number of nitrogens with one attached hydrogen (secondary N) is 1. The van der Waals surface area contributed by atoms with Gasteiger partial charge in [0.05, 0.1) is 24.8 Å². The molecule has 3 aromatic rings. The third-order valence-corrected chi connectivity index (χ3v) is 6.19. The van der Waals surface area contributed by atoms with E-state index in [1.54, 1.807) is 51.1 Å². The van der Waals surface area contributed by atoms with Crippen molar-refractivity contribution in [2.75, 3.05) is 31.7 Å². The van der Waals surface area contributed by atoms with E-state index in [1.807, 2.05) is 0 Å². The van der Waals surface area contributed by atoms with Crippen LogP contribution in [0.1, 0.15) is 47.1 Å². The zero-order valence-corrected chi connectivity index (χ0v) is 22.7. The van der Waals surface area contributed by atoms with Crippen molar-refractivity contribution in [3.8, 4) is 22.6 Å². The van der Waals surface area contributed by atoms with E-state index in [0.29, 0.717) is 35.5 Å². The Morgan fingerprint density at radius 1 is 1.02 bits per heavy atom. The average Bonchev–Trinajstić information content (AvgIpc) is 3.31. The van der Waals surface area contributed by atoms with Crippen LogP contribution in [0.15, 0.2) is 54.6 Å². The number of aromatic carboxylic acids is 1. The number of amides is 2. The van der Waals surface area contributed by atoms with E-state index >= 15 is 4.39 Å². The minimum Gasteiger partial charge on any atom is -0.496 e. The van der Waals surface area contributed by atoms with Gasteiger partial charge in [0.2, 0.25) is 0 Å². The number of alkyl carbamates (subject to hydrolysis) is 1. The zero-order valence-electron chi connectivity index (χ0n) is 22.7. The number of hydrogen-bond donors (Lipinski definition) is 2. The number of hydrogen-bond acceptors (Lipinski definition) is 6. The molecule has 2 amide bonds. The smallest absolute Gasteiger partial charge is 0.407 e. The van der Waals surface area contributed by atoms with Gasteiger partial charge in [-0.15, -0.1) is 0 Å². The number of carboxylic acid groups (broad SMARTS) is 1. The standard InChI is InChI=1S/C30H31FN2O7/c1-30(2,3)40-29(37)32-12-14-39-26-8-6-5-7-20(26)21-17-24-18(16-23(21)31)11-13-33(24)27(34)22-15-19(28(35)36)9-10-25(22)38-4/h5-10,15-17H,11-14H2,1-4H3,(H,32,37)(H,35,36). The van der Waals surface area contributed by atoms with Crippen LogP contribution in [0.3, 0.4) is 0 Å². The number of methoxy groups -OCH3 is 1. The number of para-hydroxylation sites is 1. The fraction of sp³-hybridized carbons (Fsp3) is 0.300. The molecule has 4 rings (SSSR count). The predicted octanol–water partition coefficient (Wildman–Crippen LogP) is 5.31. The number of halogens is 1. The number of nitrogens with zero attached hydrogens (tertiary/aromatic N) is 1. The number of benzene rings is 3. The third-order valence-electron chi connectivity index (χ3n) is 6.19. The van der Waals surface area contributed by atoms with Crippen LogP contribution in [0.4, 0.5) is 14.9 Å². The van der Waals surface area contributed by atoms with Gasteiger partial charge in [-0.1, -0.05) is 18.2 Å². The number of carbonyl (C=O) groups excluding carboxylic acids is 2. The first-order valence-corrected chi connectivity index (χ1v) is 12.7. The molecule has 0 saturated carbocycles. The molecule has 2 N–H and O–H groups in total. The fourth-order valence-electron chi connectivity index (χ4n) is 4.42. The molecule has 0 fully saturated rings. The van der Waals surface area contributed by atoms with Gasteiger partial charge in [-0.05, 0) is 69.2 Å². The molecular weight excluding hydrogens is 519 g/mol. The normalized spacial score (nSPS) is 12.5. The highest BCUT2D eigenvalue weighted by Gasteiger charge is 2.30. The zero-order chi connectivity index (χ0) is 29.0. The second kappa shape index (κ2) is 11.6. The molecule has 1 heterocycles. The lowest BCUT2D eigenvalue weighted by molar-refractivity contribution is 0.0519. The van der Waals surface area contributed by atoms with E-state index in [-0.39, 0.29) is 35.6 Å². The number of carbonyl (C=O) groups is 3. The maximum Gasteiger partial charge on any atom is 0.407 e. The Bertz CT molecular complexity index is 1450. The topological polar surface area (TPSA) is 114 Å². The maximum atomic E-state index is 15.4. The number of anilines is 1. The van der Waals surface area contributed by atoms with E-state index in [4.69, 9.17) is 14.2 Å². The van der Waals surface area contributed by atoms with Crippen molar-refractivity contribution in [2.24, 2.45) is 0 Å². The summed E-state index contributed by atoms with van der Waals surface area (Å²) in [6.07, 6.45) is -0.127. The van der Waals surface area contributed by atoms with Crippen molar-refractivity contribution in [1.82, 2.24) is 5.32 Å². The van der Waals surface area contributed by atoms with Crippen LogP contribution in [0.25, 0.3) is 11.1 Å². The van der Waals surface area contributed by atoms with E-state index in [1.165, 1.54) is 36.3 Å². The molecule has 0 atom stereocenters. The van der Waals surface area contributed by atoms with Crippen LogP contribution in [0.5, 0.6) is 11.5 Å². The summed E-state index contributed by atoms with van der Waals surface area (Å²) in [6, 6.07) is 14.0. The lowest BCUT2D eigenvalue weighted by atomic mass is 10.0. The van der Waals surface area contributed by atoms with Gasteiger partial charge >= 0.3 is 12.1 Å². The lowest BCUT2D eigenvalue weighted by Gasteiger charge is -2.21. The van der Waals surface area contributed by atoms with Crippen molar-refractivity contribution < 1.29 is 38.1 Å². The Morgan fingerprint density at radius 2 is 1.77 bits per heavy atom. The molecule has 3 aromatic carbocycles. The molecule has 9 nitrogen and oxygen atoms in total. The molecule has 0 spiro atoms. The highest BCUT2D eigenvalue weighted by molar-refractivity contribution is 6.10. The fourth-order valence-corrected chi connectivity index (χ4v) is 4.42. The van der Waals surface area contributed by atoms with Crippen LogP contribution in [0, 0.1) is 5.82 Å². The molecule has 10 heteroatoms. The number of rotatable bonds is 8. The largest absolute Gasteiger partial charge is 0.496 e. The summed E-state index contributed by atoms with van der Waals surface area (Å²) in [5, 5.41) is 12.0. The number of fused-ring (bicyclic) bond motifs is 1. The molecule has 0 aromatic heterocycles. The Labute approximate surface area is 231 Å². The first-order valence-electron chi connectivity index (χ1n) is 12.7. The SMILES string of the molecule is COc1ccc(C(=O)O)cc1C(=O)N1CCc2cc(F)c(-c3ccccc3OCCNC(=O)OC(C)(C)C)cc21. The molecule has 40 heavy (non-hydrogen) atoms. The third kappa shape index (κ3) is 6.33. The van der Waals surface area contributed by atoms with Crippen molar-refractivity contribution in [3.05, 3.63) is 77.1 Å². The van der Waals surface area contributed by atoms with Crippen LogP contribution in [-0.4, -0.2) is 55.5 Å². The quantitative estimate of drug-likeness (QED) is 0.366. The van der Waals surface area contributed by atoms with E-state index < -0.39 is 29.4 Å². The monoisotopic (exact) mass is 550 g/mol. The summed E-state index contributed by atoms with van der Waals surface area (Å²) in [4.78, 5) is 38.5. The van der Waals surface area contributed by atoms with Gasteiger partial charge in [-0.3, -0.25) is 4.79 Å². The van der Waals surface area contributed by atoms with Crippen molar-refractivity contribution in [2.45, 2.75) is 32.8 Å². The number of ether oxygens (including phenoxy) is 3. The second-order valence-electron chi connectivity index (χ2n) is 10.2. The Balaban J connectivity index is 1.58. The molecule has 1 aliphatic rings. The summed E-state index contributed by atoms with van der Waals surface area (Å²) in [7, 11) is 1.40. The van der Waals surface area contributed by atoms with Gasteiger partial charge in [0.1, 0.15) is 29.5 Å². The molecule has 1 aliphatic heterocycles. The second-order valence-corrected chi connectivity index (χ2v) is 10.2. The van der Waals surface area contributed by atoms with E-state index in [9.17, 15) is 19.5 Å². The van der Waals surface area contributed by atoms with Crippen LogP contribution < -0.4 is 19.7 Å². The molecule has 0 unspecified atom stereocenters. The minimum atomic E-state index is -1.17. The minimum absolute atomic E-state index is 0.0457. The van der Waals surface area contributed by atoms with Crippen molar-refractivity contribution >= 4 is 23.7 Å². The lowest BCUT2D eigenvalue weighted by Crippen LogP contribution is -2.34. The maximum absolute atomic E-state index is 15.4. The van der Waals surface area contributed by atoms with E-state index in [0.717, 1.165) is 0 Å². The molecule has 210 valence electrons. The van der Waals surface area contributed by atoms with Gasteiger partial charge < -0.3 is 29.5 Å². The number of carboxylic acids is 1. The van der Waals surface area contributed by atoms with Crippen LogP contribution in [0.2, 0.25) is 0 Å². The summed E-state index contributed by atoms with van der Waals surface area (Å²) >= 11 is 0. The summed E-state index contributed by atoms with van der Waals surface area (Å²) in [5.74, 6) is -1.44. The first kappa shape index (κ1) is 28.4. The Morgan fingerprint density at radius 3 is 2.48 bits per heavy atom. The first-order chi connectivity index (χ1) is 19.0. The van der Waals surface area contributed by atoms with Crippen LogP contribution >= 0.6 is 0 Å². The van der Waals surface area contributed by atoms with Gasteiger partial charge in [0.15, 0.2) is 0 Å². The molecule has 0 aliphatic carbocycles. The molecule has 0 radical (unpaired) electrons. The molecule has 0 bridgehead atoms. The van der Waals surface area contributed by atoms with Gasteiger partial charge in [0, 0.05) is 23.4 Å². The van der Waals surface area contributed by atoms with Crippen molar-refractivity contribution in [1.29, 1.82) is 0 Å². The van der Waals surface area contributed by atoms with Crippen LogP contribution in [-0.2, 0) is 11.2 Å². The highest BCUT2D eigenvalue weighted by Crippen LogP contribution is 2.39. The Hall–Kier alpha value is -4.60. The Kier molecular flexibility index (Phi) is 8.27. The molecular formula is C30H31FN2O7. The van der Waals surface area contributed by atoms with Crippen molar-refractivity contribution in [3.63, 3.8) is 0 Å². The predicted molar refractivity (Wildman–Crippen MR) is 147 cm³/mol. The average molecular weight is 551 g/mol. The van der Waals surface area contributed by atoms with Gasteiger partial charge in [-0.2, -0.15) is 0 Å². The summed E-state index contributed by atoms with van der Waals surface area (Å²) in [5.41, 5.74) is 1.32. The van der Waals surface area contributed by atoms with Gasteiger partial charge in [0.25, 0.3) is 5.91 Å². The van der Waals surface area contributed by atoms with E-state index in [2.05, 4.69) is 5.32 Å².